The van der Waals surface area contributed by atoms with Gasteiger partial charge >= 0.3 is 0 Å². The van der Waals surface area contributed by atoms with Crippen molar-refractivity contribution in [1.29, 1.82) is 0 Å². The first kappa shape index (κ1) is 15.0. The van der Waals surface area contributed by atoms with Crippen LogP contribution >= 0.6 is 0 Å². The lowest BCUT2D eigenvalue weighted by molar-refractivity contribution is 0.101. The topological polar surface area (TPSA) is 72.7 Å². The van der Waals surface area contributed by atoms with Crippen LogP contribution in [0.25, 0.3) is 22.2 Å². The zero-order valence-corrected chi connectivity index (χ0v) is 13.5. The van der Waals surface area contributed by atoms with Gasteiger partial charge in [0.1, 0.15) is 12.7 Å². The normalized spacial score (nSPS) is 10.8. The number of aryl methyl sites for hydroxylation is 1. The van der Waals surface area contributed by atoms with E-state index in [1.54, 1.807) is 0 Å². The minimum Gasteiger partial charge on any atom is -0.267 e. The Balaban J connectivity index is 1.84. The summed E-state index contributed by atoms with van der Waals surface area (Å²) in [6.45, 7) is 2.04. The first-order chi connectivity index (χ1) is 12.2. The van der Waals surface area contributed by atoms with Gasteiger partial charge in [0.25, 0.3) is 5.91 Å². The molecule has 0 aliphatic rings. The number of benzene rings is 2. The Bertz CT molecular complexity index is 1040. The molecule has 2 heterocycles. The van der Waals surface area contributed by atoms with Crippen molar-refractivity contribution in [3.05, 3.63) is 78.4 Å². The summed E-state index contributed by atoms with van der Waals surface area (Å²) >= 11 is 0. The summed E-state index contributed by atoms with van der Waals surface area (Å²) < 4.78 is 1.42. The number of carbonyl (C=O) groups is 1. The van der Waals surface area contributed by atoms with Crippen molar-refractivity contribution in [2.45, 2.75) is 6.92 Å². The van der Waals surface area contributed by atoms with E-state index in [-0.39, 0.29) is 5.91 Å². The molecule has 6 nitrogen and oxygen atoms in total. The monoisotopic (exact) mass is 329 g/mol. The summed E-state index contributed by atoms with van der Waals surface area (Å²) in [5.41, 5.74) is 6.97. The van der Waals surface area contributed by atoms with Crippen LogP contribution in [0.5, 0.6) is 0 Å². The van der Waals surface area contributed by atoms with Crippen LogP contribution in [0.1, 0.15) is 15.9 Å². The van der Waals surface area contributed by atoms with Crippen LogP contribution in [0.3, 0.4) is 0 Å². The molecular formula is C19H15N5O. The average Bonchev–Trinajstić information content (AvgIpc) is 3.14. The van der Waals surface area contributed by atoms with Crippen molar-refractivity contribution in [1.82, 2.24) is 19.9 Å². The summed E-state index contributed by atoms with van der Waals surface area (Å²) in [6.07, 6.45) is 2.87. The number of nitrogens with one attached hydrogen (secondary N) is 1. The van der Waals surface area contributed by atoms with Gasteiger partial charge in [0.2, 0.25) is 0 Å². The number of para-hydroxylation sites is 1. The Kier molecular flexibility index (Phi) is 3.70. The van der Waals surface area contributed by atoms with Crippen LogP contribution in [-0.4, -0.2) is 25.8 Å². The molecule has 1 N–H and O–H groups in total. The summed E-state index contributed by atoms with van der Waals surface area (Å²) in [7, 11) is 0. The molecule has 25 heavy (non-hydrogen) atoms. The van der Waals surface area contributed by atoms with Crippen LogP contribution in [-0.2, 0) is 0 Å². The molecule has 0 saturated heterocycles. The van der Waals surface area contributed by atoms with Gasteiger partial charge in [-0.25, -0.2) is 9.66 Å². The Labute approximate surface area is 144 Å². The lowest BCUT2D eigenvalue weighted by Crippen LogP contribution is -2.22. The molecule has 0 aliphatic heterocycles. The number of amides is 1. The maximum atomic E-state index is 12.7. The molecule has 0 fully saturated rings. The number of hydrogen-bond acceptors (Lipinski definition) is 4. The van der Waals surface area contributed by atoms with Crippen molar-refractivity contribution in [2.75, 3.05) is 5.43 Å². The van der Waals surface area contributed by atoms with E-state index < -0.39 is 0 Å². The largest absolute Gasteiger partial charge is 0.270 e. The van der Waals surface area contributed by atoms with Gasteiger partial charge in [0.05, 0.1) is 16.8 Å². The third kappa shape index (κ3) is 2.97. The first-order valence-corrected chi connectivity index (χ1v) is 7.83. The molecule has 0 aliphatic carbocycles. The molecule has 0 atom stereocenters. The maximum Gasteiger partial charge on any atom is 0.270 e. The Morgan fingerprint density at radius 2 is 1.72 bits per heavy atom. The van der Waals surface area contributed by atoms with E-state index in [0.717, 1.165) is 22.2 Å². The van der Waals surface area contributed by atoms with E-state index in [0.29, 0.717) is 5.56 Å². The van der Waals surface area contributed by atoms with Crippen molar-refractivity contribution >= 4 is 16.8 Å². The second-order valence-corrected chi connectivity index (χ2v) is 5.75. The molecule has 0 spiro atoms. The van der Waals surface area contributed by atoms with Crippen molar-refractivity contribution in [2.24, 2.45) is 0 Å². The number of nitrogens with zero attached hydrogens (tertiary/aromatic N) is 4. The highest BCUT2D eigenvalue weighted by Gasteiger charge is 2.14. The number of carbonyl (C=O) groups excluding carboxylic acids is 1. The van der Waals surface area contributed by atoms with Crippen LogP contribution < -0.4 is 5.43 Å². The smallest absolute Gasteiger partial charge is 0.267 e. The molecule has 4 rings (SSSR count). The quantitative estimate of drug-likeness (QED) is 0.626. The van der Waals surface area contributed by atoms with Gasteiger partial charge in [-0.2, -0.15) is 0 Å². The van der Waals surface area contributed by atoms with Gasteiger partial charge in [-0.15, -0.1) is 10.2 Å². The van der Waals surface area contributed by atoms with Crippen molar-refractivity contribution in [3.63, 3.8) is 0 Å². The lowest BCUT2D eigenvalue weighted by atomic mass is 10.0. The number of fused-ring (bicyclic) bond motifs is 1. The Morgan fingerprint density at radius 1 is 1.00 bits per heavy atom. The molecule has 2 aromatic carbocycles. The van der Waals surface area contributed by atoms with Crippen LogP contribution in [0.2, 0.25) is 0 Å². The molecule has 6 heteroatoms. The molecule has 0 radical (unpaired) electrons. The van der Waals surface area contributed by atoms with E-state index in [4.69, 9.17) is 4.98 Å². The first-order valence-electron chi connectivity index (χ1n) is 7.83. The minimum absolute atomic E-state index is 0.244. The predicted octanol–water partition coefficient (Wildman–Crippen LogP) is 3.19. The molecule has 0 unspecified atom stereocenters. The van der Waals surface area contributed by atoms with E-state index in [1.807, 2.05) is 61.5 Å². The zero-order chi connectivity index (χ0) is 17.2. The van der Waals surface area contributed by atoms with Gasteiger partial charge in [-0.1, -0.05) is 48.0 Å². The van der Waals surface area contributed by atoms with Crippen LogP contribution in [0.15, 0.2) is 67.3 Å². The van der Waals surface area contributed by atoms with Crippen LogP contribution in [0, 0.1) is 6.92 Å². The summed E-state index contributed by atoms with van der Waals surface area (Å²) in [5, 5.41) is 8.18. The van der Waals surface area contributed by atoms with E-state index >= 15 is 0 Å². The molecule has 0 saturated carbocycles. The second kappa shape index (κ2) is 6.16. The fourth-order valence-corrected chi connectivity index (χ4v) is 2.67. The third-order valence-electron chi connectivity index (χ3n) is 3.96. The summed E-state index contributed by atoms with van der Waals surface area (Å²) in [4.78, 5) is 17.5. The van der Waals surface area contributed by atoms with E-state index in [2.05, 4.69) is 15.6 Å². The highest BCUT2D eigenvalue weighted by molar-refractivity contribution is 6.10. The second-order valence-electron chi connectivity index (χ2n) is 5.75. The number of hydrogen-bond donors (Lipinski definition) is 1. The Hall–Kier alpha value is -3.54. The maximum absolute atomic E-state index is 12.7. The summed E-state index contributed by atoms with van der Waals surface area (Å²) in [5.74, 6) is -0.244. The van der Waals surface area contributed by atoms with Gasteiger partial charge in [-0.3, -0.25) is 10.2 Å². The predicted molar refractivity (Wildman–Crippen MR) is 95.6 cm³/mol. The van der Waals surface area contributed by atoms with Gasteiger partial charge in [0, 0.05) is 10.9 Å². The minimum atomic E-state index is -0.244. The standard InChI is InChI=1S/C19H15N5O/c1-13-6-8-14(9-7-13)18-10-16(15-4-2-3-5-17(15)22-18)19(25)23-24-11-20-21-12-24/h2-12H,1H3,(H,23,25). The van der Waals surface area contributed by atoms with E-state index in [9.17, 15) is 4.79 Å². The van der Waals surface area contributed by atoms with Gasteiger partial charge < -0.3 is 0 Å². The van der Waals surface area contributed by atoms with E-state index in [1.165, 1.54) is 22.9 Å². The van der Waals surface area contributed by atoms with Gasteiger partial charge in [0.15, 0.2) is 0 Å². The molecule has 1 amide bonds. The van der Waals surface area contributed by atoms with Crippen LogP contribution in [0.4, 0.5) is 0 Å². The number of pyridine rings is 1. The highest BCUT2D eigenvalue weighted by Crippen LogP contribution is 2.25. The fourth-order valence-electron chi connectivity index (χ4n) is 2.67. The average molecular weight is 329 g/mol. The molecule has 2 aromatic heterocycles. The lowest BCUT2D eigenvalue weighted by Gasteiger charge is -2.10. The SMILES string of the molecule is Cc1ccc(-c2cc(C(=O)Nn3cnnc3)c3ccccc3n2)cc1. The zero-order valence-electron chi connectivity index (χ0n) is 13.5. The fraction of sp³-hybridized carbons (Fsp3) is 0.0526. The molecule has 4 aromatic rings. The third-order valence-corrected chi connectivity index (χ3v) is 3.96. The molecular weight excluding hydrogens is 314 g/mol. The van der Waals surface area contributed by atoms with Gasteiger partial charge in [-0.05, 0) is 19.1 Å². The van der Waals surface area contributed by atoms with Crippen molar-refractivity contribution in [3.8, 4) is 11.3 Å². The molecule has 122 valence electrons. The number of rotatable bonds is 3. The summed E-state index contributed by atoms with van der Waals surface area (Å²) in [6, 6.07) is 17.5. The number of aromatic nitrogens is 4. The van der Waals surface area contributed by atoms with Crippen molar-refractivity contribution < 1.29 is 4.79 Å². The molecule has 0 bridgehead atoms. The Morgan fingerprint density at radius 3 is 2.48 bits per heavy atom. The highest BCUT2D eigenvalue weighted by atomic mass is 16.2.